The van der Waals surface area contributed by atoms with Gasteiger partial charge in [-0.15, -0.1) is 0 Å². The van der Waals surface area contributed by atoms with Crippen molar-refractivity contribution in [1.82, 2.24) is 5.32 Å². The van der Waals surface area contributed by atoms with E-state index in [0.29, 0.717) is 38.0 Å². The van der Waals surface area contributed by atoms with Crippen LogP contribution in [-0.4, -0.2) is 48.7 Å². The molecule has 0 aromatic heterocycles. The summed E-state index contributed by atoms with van der Waals surface area (Å²) in [6.07, 6.45) is 4.21. The fourth-order valence-electron chi connectivity index (χ4n) is 2.83. The largest absolute Gasteiger partial charge is 0.388 e. The molecule has 2 aliphatic heterocycles. The Bertz CT molecular complexity index is 231. The van der Waals surface area contributed by atoms with E-state index in [-0.39, 0.29) is 0 Å². The van der Waals surface area contributed by atoms with E-state index in [2.05, 4.69) is 19.2 Å². The van der Waals surface area contributed by atoms with Crippen LogP contribution in [0.1, 0.15) is 39.5 Å². The SMILES string of the molecule is CC1CC(NCC2(O)CCOCC2)CC(C)O1. The van der Waals surface area contributed by atoms with Gasteiger partial charge in [0.05, 0.1) is 17.8 Å². The molecule has 2 rings (SSSR count). The van der Waals surface area contributed by atoms with Crippen LogP contribution < -0.4 is 5.32 Å². The van der Waals surface area contributed by atoms with Crippen LogP contribution in [0.5, 0.6) is 0 Å². The van der Waals surface area contributed by atoms with Gasteiger partial charge in [0.25, 0.3) is 0 Å². The zero-order valence-corrected chi connectivity index (χ0v) is 10.9. The van der Waals surface area contributed by atoms with Crippen LogP contribution in [0, 0.1) is 0 Å². The number of hydrogen-bond acceptors (Lipinski definition) is 4. The minimum Gasteiger partial charge on any atom is -0.388 e. The number of ether oxygens (including phenoxy) is 2. The maximum absolute atomic E-state index is 10.4. The van der Waals surface area contributed by atoms with Crippen LogP contribution in [0.25, 0.3) is 0 Å². The molecule has 0 aromatic rings. The molecule has 2 N–H and O–H groups in total. The molecule has 2 saturated heterocycles. The third kappa shape index (κ3) is 3.91. The first-order chi connectivity index (χ1) is 8.07. The number of nitrogens with one attached hydrogen (secondary N) is 1. The summed E-state index contributed by atoms with van der Waals surface area (Å²) in [5, 5.41) is 13.9. The molecule has 4 nitrogen and oxygen atoms in total. The van der Waals surface area contributed by atoms with Crippen molar-refractivity contribution in [2.75, 3.05) is 19.8 Å². The van der Waals surface area contributed by atoms with Gasteiger partial charge < -0.3 is 19.9 Å². The Hall–Kier alpha value is -0.160. The van der Waals surface area contributed by atoms with E-state index in [1.807, 2.05) is 0 Å². The second-order valence-electron chi connectivity index (χ2n) is 5.64. The van der Waals surface area contributed by atoms with Gasteiger partial charge in [0.1, 0.15) is 0 Å². The Morgan fingerprint density at radius 2 is 1.76 bits per heavy atom. The summed E-state index contributed by atoms with van der Waals surface area (Å²) in [5.41, 5.74) is -0.566. The van der Waals surface area contributed by atoms with Gasteiger partial charge >= 0.3 is 0 Å². The van der Waals surface area contributed by atoms with Crippen LogP contribution in [-0.2, 0) is 9.47 Å². The molecule has 2 fully saturated rings. The molecule has 17 heavy (non-hydrogen) atoms. The second-order valence-corrected chi connectivity index (χ2v) is 5.64. The van der Waals surface area contributed by atoms with Crippen molar-refractivity contribution in [1.29, 1.82) is 0 Å². The molecule has 100 valence electrons. The normalized spacial score (nSPS) is 37.9. The summed E-state index contributed by atoms with van der Waals surface area (Å²) in [6.45, 7) is 6.28. The lowest BCUT2D eigenvalue weighted by Gasteiger charge is -2.37. The van der Waals surface area contributed by atoms with Crippen LogP contribution in [0.4, 0.5) is 0 Å². The Kier molecular flexibility index (Phi) is 4.42. The molecule has 0 amide bonds. The van der Waals surface area contributed by atoms with Crippen LogP contribution in [0.15, 0.2) is 0 Å². The fourth-order valence-corrected chi connectivity index (χ4v) is 2.83. The molecule has 2 atom stereocenters. The predicted molar refractivity (Wildman–Crippen MR) is 66.0 cm³/mol. The first kappa shape index (κ1) is 13.3. The van der Waals surface area contributed by atoms with Crippen molar-refractivity contribution < 1.29 is 14.6 Å². The number of hydrogen-bond donors (Lipinski definition) is 2. The van der Waals surface area contributed by atoms with E-state index < -0.39 is 5.60 Å². The van der Waals surface area contributed by atoms with Gasteiger partial charge in [0.15, 0.2) is 0 Å². The van der Waals surface area contributed by atoms with E-state index in [0.717, 1.165) is 25.7 Å². The molecule has 0 bridgehead atoms. The third-order valence-corrected chi connectivity index (χ3v) is 3.84. The molecule has 2 aliphatic rings. The molecule has 2 unspecified atom stereocenters. The lowest BCUT2D eigenvalue weighted by Crippen LogP contribution is -2.50. The summed E-state index contributed by atoms with van der Waals surface area (Å²) in [4.78, 5) is 0. The molecular weight excluding hydrogens is 218 g/mol. The van der Waals surface area contributed by atoms with E-state index in [1.165, 1.54) is 0 Å². The lowest BCUT2D eigenvalue weighted by molar-refractivity contribution is -0.0723. The molecule has 0 aromatic carbocycles. The van der Waals surface area contributed by atoms with Gasteiger partial charge in [-0.25, -0.2) is 0 Å². The number of aliphatic hydroxyl groups is 1. The van der Waals surface area contributed by atoms with Gasteiger partial charge in [-0.1, -0.05) is 0 Å². The zero-order valence-electron chi connectivity index (χ0n) is 10.9. The maximum atomic E-state index is 10.4. The average Bonchev–Trinajstić information content (AvgIpc) is 2.26. The first-order valence-corrected chi connectivity index (χ1v) is 6.76. The highest BCUT2D eigenvalue weighted by Gasteiger charge is 2.31. The van der Waals surface area contributed by atoms with Crippen LogP contribution in [0.2, 0.25) is 0 Å². The highest BCUT2D eigenvalue weighted by Crippen LogP contribution is 2.22. The van der Waals surface area contributed by atoms with E-state index in [9.17, 15) is 5.11 Å². The van der Waals surface area contributed by atoms with E-state index in [1.54, 1.807) is 0 Å². The molecule has 0 saturated carbocycles. The average molecular weight is 243 g/mol. The summed E-state index contributed by atoms with van der Waals surface area (Å²) in [5.74, 6) is 0. The highest BCUT2D eigenvalue weighted by molar-refractivity contribution is 4.87. The highest BCUT2D eigenvalue weighted by atomic mass is 16.5. The molecule has 4 heteroatoms. The Balaban J connectivity index is 1.76. The predicted octanol–water partition coefficient (Wildman–Crippen LogP) is 1.07. The smallest absolute Gasteiger partial charge is 0.0815 e. The number of rotatable bonds is 3. The monoisotopic (exact) mass is 243 g/mol. The minimum atomic E-state index is -0.566. The molecular formula is C13H25NO3. The summed E-state index contributed by atoms with van der Waals surface area (Å²) >= 11 is 0. The van der Waals surface area contributed by atoms with Crippen molar-refractivity contribution >= 4 is 0 Å². The summed E-state index contributed by atoms with van der Waals surface area (Å²) in [7, 11) is 0. The lowest BCUT2D eigenvalue weighted by atomic mass is 9.92. The van der Waals surface area contributed by atoms with Crippen molar-refractivity contribution in [3.8, 4) is 0 Å². The van der Waals surface area contributed by atoms with Crippen molar-refractivity contribution in [3.05, 3.63) is 0 Å². The van der Waals surface area contributed by atoms with Crippen molar-refractivity contribution in [3.63, 3.8) is 0 Å². The standard InChI is InChI=1S/C13H25NO3/c1-10-7-12(8-11(2)17-10)14-9-13(15)3-5-16-6-4-13/h10-12,14-15H,3-9H2,1-2H3. The zero-order chi connectivity index (χ0) is 12.3. The molecule has 2 heterocycles. The fraction of sp³-hybridized carbons (Fsp3) is 1.00. The quantitative estimate of drug-likeness (QED) is 0.778. The van der Waals surface area contributed by atoms with Crippen LogP contribution in [0.3, 0.4) is 0 Å². The molecule has 0 radical (unpaired) electrons. The third-order valence-electron chi connectivity index (χ3n) is 3.84. The Morgan fingerprint density at radius 3 is 2.35 bits per heavy atom. The van der Waals surface area contributed by atoms with Gasteiger partial charge in [-0.3, -0.25) is 0 Å². The summed E-state index contributed by atoms with van der Waals surface area (Å²) < 4.78 is 11.0. The van der Waals surface area contributed by atoms with Gasteiger partial charge in [0, 0.05) is 38.6 Å². The Morgan fingerprint density at radius 1 is 1.18 bits per heavy atom. The van der Waals surface area contributed by atoms with Gasteiger partial charge in [-0.2, -0.15) is 0 Å². The van der Waals surface area contributed by atoms with Gasteiger partial charge in [-0.05, 0) is 26.7 Å². The maximum Gasteiger partial charge on any atom is 0.0815 e. The molecule has 0 spiro atoms. The van der Waals surface area contributed by atoms with Gasteiger partial charge in [0.2, 0.25) is 0 Å². The first-order valence-electron chi connectivity index (χ1n) is 6.76. The second kappa shape index (κ2) is 5.65. The Labute approximate surface area is 104 Å². The van der Waals surface area contributed by atoms with E-state index >= 15 is 0 Å². The topological polar surface area (TPSA) is 50.7 Å². The minimum absolute atomic E-state index is 0.320. The molecule has 0 aliphatic carbocycles. The van der Waals surface area contributed by atoms with E-state index in [4.69, 9.17) is 9.47 Å². The van der Waals surface area contributed by atoms with Crippen molar-refractivity contribution in [2.24, 2.45) is 0 Å². The summed E-state index contributed by atoms with van der Waals surface area (Å²) in [6, 6.07) is 0.473. The van der Waals surface area contributed by atoms with Crippen LogP contribution >= 0.6 is 0 Å². The van der Waals surface area contributed by atoms with Crippen molar-refractivity contribution in [2.45, 2.75) is 63.4 Å².